The number of ether oxygens (including phenoxy) is 1. The van der Waals surface area contributed by atoms with Crippen molar-refractivity contribution >= 4 is 21.9 Å². The smallest absolute Gasteiger partial charge is 0.331 e. The van der Waals surface area contributed by atoms with E-state index in [1.807, 2.05) is 0 Å². The van der Waals surface area contributed by atoms with Gasteiger partial charge in [-0.1, -0.05) is 0 Å². The summed E-state index contributed by atoms with van der Waals surface area (Å²) >= 11 is 0. The van der Waals surface area contributed by atoms with Crippen molar-refractivity contribution in [3.63, 3.8) is 0 Å². The number of halogens is 1. The zero-order chi connectivity index (χ0) is 19.4. The fourth-order valence-corrected chi connectivity index (χ4v) is 3.79. The summed E-state index contributed by atoms with van der Waals surface area (Å²) in [6, 6.07) is 4.46. The number of nitrogens with one attached hydrogen (secondary N) is 1. The number of aliphatic carboxylic acids is 1. The number of amides is 1. The molecule has 0 aliphatic carbocycles. The third-order valence-electron chi connectivity index (χ3n) is 4.21. The van der Waals surface area contributed by atoms with Crippen molar-refractivity contribution < 1.29 is 32.2 Å². The first-order valence-electron chi connectivity index (χ1n) is 8.01. The Morgan fingerprint density at radius 3 is 2.54 bits per heavy atom. The summed E-state index contributed by atoms with van der Waals surface area (Å²) in [6.45, 7) is 0.224. The van der Waals surface area contributed by atoms with Crippen LogP contribution >= 0.6 is 0 Å². The van der Waals surface area contributed by atoms with E-state index in [2.05, 4.69) is 5.32 Å². The summed E-state index contributed by atoms with van der Waals surface area (Å²) in [4.78, 5) is 23.3. The number of rotatable bonds is 8. The highest BCUT2D eigenvalue weighted by Crippen LogP contribution is 2.19. The van der Waals surface area contributed by atoms with Gasteiger partial charge in [0.15, 0.2) is 5.54 Å². The van der Waals surface area contributed by atoms with Gasteiger partial charge in [-0.05, 0) is 30.7 Å². The monoisotopic (exact) mass is 388 g/mol. The maximum absolute atomic E-state index is 12.9. The average molecular weight is 388 g/mol. The summed E-state index contributed by atoms with van der Waals surface area (Å²) < 4.78 is 43.7. The van der Waals surface area contributed by atoms with Crippen LogP contribution in [0, 0.1) is 5.82 Å². The largest absolute Gasteiger partial charge is 0.479 e. The second kappa shape index (κ2) is 8.11. The highest BCUT2D eigenvalue weighted by atomic mass is 32.2. The van der Waals surface area contributed by atoms with Crippen molar-refractivity contribution in [2.75, 3.05) is 26.8 Å². The number of nitrogens with zero attached hydrogens (tertiary/aromatic N) is 1. The minimum atomic E-state index is -3.78. The predicted octanol–water partition coefficient (Wildman–Crippen LogP) is 0.586. The number of hydrogen-bond donors (Lipinski definition) is 2. The maximum Gasteiger partial charge on any atom is 0.331 e. The molecule has 8 nitrogen and oxygen atoms in total. The zero-order valence-corrected chi connectivity index (χ0v) is 15.1. The number of carboxylic acids is 1. The highest BCUT2D eigenvalue weighted by molar-refractivity contribution is 7.89. The Morgan fingerprint density at radius 2 is 2.00 bits per heavy atom. The first-order chi connectivity index (χ1) is 12.2. The van der Waals surface area contributed by atoms with Crippen molar-refractivity contribution in [1.82, 2.24) is 9.62 Å². The molecule has 0 radical (unpaired) electrons. The molecular formula is C16H21FN2O6S. The van der Waals surface area contributed by atoms with Crippen molar-refractivity contribution in [3.05, 3.63) is 30.1 Å². The van der Waals surface area contributed by atoms with E-state index in [4.69, 9.17) is 4.74 Å². The standard InChI is InChI=1S/C16H21FN2O6S/c1-19(26(23,24)13-6-4-12(17)5-7-13)9-2-3-14(20)18-16(15(21)22)8-10-25-11-16/h4-7H,2-3,8-11H2,1H3,(H,18,20)(H,21,22). The van der Waals surface area contributed by atoms with Crippen LogP contribution in [0.5, 0.6) is 0 Å². The molecule has 1 aromatic carbocycles. The summed E-state index contributed by atoms with van der Waals surface area (Å²) in [5, 5.41) is 11.7. The number of hydrogen-bond acceptors (Lipinski definition) is 5. The third kappa shape index (κ3) is 4.57. The van der Waals surface area contributed by atoms with Gasteiger partial charge < -0.3 is 15.2 Å². The van der Waals surface area contributed by atoms with Crippen molar-refractivity contribution in [1.29, 1.82) is 0 Å². The lowest BCUT2D eigenvalue weighted by Gasteiger charge is -2.24. The van der Waals surface area contributed by atoms with Crippen LogP contribution in [0.2, 0.25) is 0 Å². The molecule has 1 atom stereocenters. The van der Waals surface area contributed by atoms with Crippen LogP contribution in [-0.2, 0) is 24.3 Å². The molecule has 0 aromatic heterocycles. The normalized spacial score (nSPS) is 20.3. The van der Waals surface area contributed by atoms with Crippen molar-refractivity contribution in [3.8, 4) is 0 Å². The second-order valence-electron chi connectivity index (χ2n) is 6.12. The summed E-state index contributed by atoms with van der Waals surface area (Å²) in [7, 11) is -2.42. The van der Waals surface area contributed by atoms with Gasteiger partial charge in [0, 0.05) is 33.0 Å². The molecule has 0 saturated carbocycles. The first-order valence-corrected chi connectivity index (χ1v) is 9.45. The van der Waals surface area contributed by atoms with Gasteiger partial charge in [0.05, 0.1) is 11.5 Å². The van der Waals surface area contributed by atoms with Crippen LogP contribution < -0.4 is 5.32 Å². The quantitative estimate of drug-likeness (QED) is 0.674. The van der Waals surface area contributed by atoms with Gasteiger partial charge in [-0.15, -0.1) is 0 Å². The summed E-state index contributed by atoms with van der Waals surface area (Å²) in [5.41, 5.74) is -1.41. The van der Waals surface area contributed by atoms with E-state index in [9.17, 15) is 27.5 Å². The SMILES string of the molecule is CN(CCCC(=O)NC1(C(=O)O)CCOC1)S(=O)(=O)c1ccc(F)cc1. The molecule has 144 valence electrons. The lowest BCUT2D eigenvalue weighted by molar-refractivity contribution is -0.147. The second-order valence-corrected chi connectivity index (χ2v) is 8.17. The van der Waals surface area contributed by atoms with Gasteiger partial charge in [-0.2, -0.15) is 0 Å². The molecule has 1 aliphatic rings. The molecule has 2 rings (SSSR count). The van der Waals surface area contributed by atoms with Gasteiger partial charge in [0.25, 0.3) is 0 Å². The minimum absolute atomic E-state index is 0.0295. The van der Waals surface area contributed by atoms with E-state index in [1.165, 1.54) is 19.2 Å². The number of carbonyl (C=O) groups excluding carboxylic acids is 1. The molecule has 0 bridgehead atoms. The molecule has 1 amide bonds. The van der Waals surface area contributed by atoms with Crippen LogP contribution in [0.3, 0.4) is 0 Å². The van der Waals surface area contributed by atoms with Gasteiger partial charge in [0.2, 0.25) is 15.9 Å². The molecule has 1 aromatic rings. The van der Waals surface area contributed by atoms with Gasteiger partial charge in [-0.3, -0.25) is 4.79 Å². The van der Waals surface area contributed by atoms with E-state index in [1.54, 1.807) is 0 Å². The molecule has 2 N–H and O–H groups in total. The van der Waals surface area contributed by atoms with Crippen LogP contribution in [-0.4, -0.2) is 62.1 Å². The van der Waals surface area contributed by atoms with Crippen LogP contribution in [0.25, 0.3) is 0 Å². The maximum atomic E-state index is 12.9. The van der Waals surface area contributed by atoms with Crippen molar-refractivity contribution in [2.45, 2.75) is 29.7 Å². The van der Waals surface area contributed by atoms with Crippen LogP contribution in [0.15, 0.2) is 29.2 Å². The molecule has 0 spiro atoms. The number of carbonyl (C=O) groups is 2. The Hall–Kier alpha value is -2.04. The van der Waals surface area contributed by atoms with Crippen LogP contribution in [0.4, 0.5) is 4.39 Å². The average Bonchev–Trinajstić information content (AvgIpc) is 3.05. The Bertz CT molecular complexity index is 759. The first kappa shape index (κ1) is 20.3. The van der Waals surface area contributed by atoms with Crippen molar-refractivity contribution in [2.24, 2.45) is 0 Å². The van der Waals surface area contributed by atoms with E-state index >= 15 is 0 Å². The van der Waals surface area contributed by atoms with Gasteiger partial charge >= 0.3 is 5.97 Å². The number of benzene rings is 1. The van der Waals surface area contributed by atoms with Crippen LogP contribution in [0.1, 0.15) is 19.3 Å². The van der Waals surface area contributed by atoms with Gasteiger partial charge in [0.1, 0.15) is 5.82 Å². The van der Waals surface area contributed by atoms with E-state index in [0.29, 0.717) is 0 Å². The number of sulfonamides is 1. The van der Waals surface area contributed by atoms with E-state index in [0.717, 1.165) is 16.4 Å². The number of carboxylic acid groups (broad SMARTS) is 1. The molecule has 10 heteroatoms. The minimum Gasteiger partial charge on any atom is -0.479 e. The topological polar surface area (TPSA) is 113 Å². The van der Waals surface area contributed by atoms with E-state index < -0.39 is 33.3 Å². The predicted molar refractivity (Wildman–Crippen MR) is 89.4 cm³/mol. The fourth-order valence-electron chi connectivity index (χ4n) is 2.58. The summed E-state index contributed by atoms with van der Waals surface area (Å²) in [5.74, 6) is -2.17. The third-order valence-corrected chi connectivity index (χ3v) is 6.08. The van der Waals surface area contributed by atoms with Gasteiger partial charge in [-0.25, -0.2) is 21.9 Å². The molecule has 26 heavy (non-hydrogen) atoms. The lowest BCUT2D eigenvalue weighted by atomic mass is 9.98. The van der Waals surface area contributed by atoms with E-state index in [-0.39, 0.29) is 43.9 Å². The summed E-state index contributed by atoms with van der Waals surface area (Å²) in [6.07, 6.45) is 0.366. The molecule has 1 saturated heterocycles. The Morgan fingerprint density at radius 1 is 1.35 bits per heavy atom. The molecule has 1 heterocycles. The molecule has 1 unspecified atom stereocenters. The molecule has 1 aliphatic heterocycles. The molecular weight excluding hydrogens is 367 g/mol. The Labute approximate surface area is 151 Å². The highest BCUT2D eigenvalue weighted by Gasteiger charge is 2.43. The fraction of sp³-hybridized carbons (Fsp3) is 0.500. The lowest BCUT2D eigenvalue weighted by Crippen LogP contribution is -2.55. The Balaban J connectivity index is 1.87. The Kier molecular flexibility index (Phi) is 6.32. The molecule has 1 fully saturated rings. The zero-order valence-electron chi connectivity index (χ0n) is 14.3.